The van der Waals surface area contributed by atoms with E-state index in [0.717, 1.165) is 19.2 Å². The van der Waals surface area contributed by atoms with Crippen LogP contribution < -0.4 is 14.9 Å². The Morgan fingerprint density at radius 3 is 2.00 bits per heavy atom. The second-order valence-electron chi connectivity index (χ2n) is 2.80. The SMILES string of the molecule is COc1cc(OC)c([B-](F)(F)F)cc1Cl. The molecule has 0 spiro atoms. The van der Waals surface area contributed by atoms with Crippen LogP contribution in [0.5, 0.6) is 11.5 Å². The molecule has 0 aliphatic carbocycles. The van der Waals surface area contributed by atoms with Crippen LogP contribution in [0.2, 0.25) is 5.02 Å². The Kier molecular flexibility index (Phi) is 3.39. The van der Waals surface area contributed by atoms with Crippen LogP contribution in [0.4, 0.5) is 12.9 Å². The van der Waals surface area contributed by atoms with E-state index in [4.69, 9.17) is 16.3 Å². The third kappa shape index (κ3) is 2.50. The molecule has 1 rings (SSSR count). The van der Waals surface area contributed by atoms with Crippen molar-refractivity contribution in [1.82, 2.24) is 0 Å². The van der Waals surface area contributed by atoms with Gasteiger partial charge in [-0.15, -0.1) is 0 Å². The molecule has 0 aliphatic heterocycles. The Balaban J connectivity index is 3.34. The van der Waals surface area contributed by atoms with E-state index in [9.17, 15) is 12.9 Å². The van der Waals surface area contributed by atoms with Crippen LogP contribution >= 0.6 is 11.6 Å². The van der Waals surface area contributed by atoms with E-state index in [-0.39, 0.29) is 16.5 Å². The molecular formula is C8H8BClF3O2-. The summed E-state index contributed by atoms with van der Waals surface area (Å²) in [5.41, 5.74) is -0.858. The molecule has 0 atom stereocenters. The number of hydrogen-bond acceptors (Lipinski definition) is 2. The van der Waals surface area contributed by atoms with E-state index in [0.29, 0.717) is 0 Å². The van der Waals surface area contributed by atoms with Crippen LogP contribution in [0.1, 0.15) is 0 Å². The molecule has 0 heterocycles. The fourth-order valence-corrected chi connectivity index (χ4v) is 1.39. The van der Waals surface area contributed by atoms with Crippen LogP contribution in [-0.2, 0) is 0 Å². The van der Waals surface area contributed by atoms with Crippen molar-refractivity contribution in [1.29, 1.82) is 0 Å². The van der Waals surface area contributed by atoms with Crippen LogP contribution in [0.25, 0.3) is 0 Å². The second kappa shape index (κ2) is 4.22. The molecule has 0 aliphatic rings. The Bertz CT molecular complexity index is 368. The highest BCUT2D eigenvalue weighted by atomic mass is 35.5. The van der Waals surface area contributed by atoms with E-state index in [2.05, 4.69) is 4.74 Å². The van der Waals surface area contributed by atoms with Crippen molar-refractivity contribution >= 4 is 24.0 Å². The van der Waals surface area contributed by atoms with Crippen molar-refractivity contribution in [3.8, 4) is 11.5 Å². The molecule has 84 valence electrons. The minimum atomic E-state index is -5.14. The maximum Gasteiger partial charge on any atom is 0.513 e. The summed E-state index contributed by atoms with van der Waals surface area (Å²) in [5, 5.41) is -0.0903. The maximum absolute atomic E-state index is 12.5. The second-order valence-corrected chi connectivity index (χ2v) is 3.21. The predicted molar refractivity (Wildman–Crippen MR) is 53.3 cm³/mol. The first-order valence-corrected chi connectivity index (χ1v) is 4.39. The summed E-state index contributed by atoms with van der Waals surface area (Å²) in [6.07, 6.45) is 0. The molecule has 0 saturated carbocycles. The van der Waals surface area contributed by atoms with E-state index in [1.807, 2.05) is 0 Å². The maximum atomic E-state index is 12.5. The summed E-state index contributed by atoms with van der Waals surface area (Å²) in [5.74, 6) is -0.138. The topological polar surface area (TPSA) is 18.5 Å². The highest BCUT2D eigenvalue weighted by molar-refractivity contribution is 6.74. The van der Waals surface area contributed by atoms with Crippen molar-refractivity contribution in [2.45, 2.75) is 0 Å². The molecule has 0 aromatic heterocycles. The third-order valence-corrected chi connectivity index (χ3v) is 2.15. The standard InChI is InChI=1S/C8H8BClF3O2/c1-14-7-4-8(15-2)6(10)3-5(7)9(11,12)13/h3-4H,1-2H3/q-1. The van der Waals surface area contributed by atoms with Crippen molar-refractivity contribution in [2.24, 2.45) is 0 Å². The quantitative estimate of drug-likeness (QED) is 0.754. The van der Waals surface area contributed by atoms with Crippen molar-refractivity contribution in [3.63, 3.8) is 0 Å². The Hall–Kier alpha value is -1.04. The van der Waals surface area contributed by atoms with E-state index in [1.165, 1.54) is 7.11 Å². The molecule has 0 unspecified atom stereocenters. The highest BCUT2D eigenvalue weighted by Gasteiger charge is 2.30. The van der Waals surface area contributed by atoms with Crippen LogP contribution in [0, 0.1) is 0 Å². The zero-order valence-corrected chi connectivity index (χ0v) is 8.82. The molecule has 2 nitrogen and oxygen atoms in total. The zero-order valence-electron chi connectivity index (χ0n) is 8.06. The zero-order chi connectivity index (χ0) is 11.6. The fraction of sp³-hybridized carbons (Fsp3) is 0.250. The molecule has 0 radical (unpaired) electrons. The monoisotopic (exact) mass is 239 g/mol. The first kappa shape index (κ1) is 12.0. The van der Waals surface area contributed by atoms with Crippen molar-refractivity contribution < 1.29 is 22.4 Å². The minimum Gasteiger partial charge on any atom is -0.500 e. The van der Waals surface area contributed by atoms with Gasteiger partial charge >= 0.3 is 6.98 Å². The average Bonchev–Trinajstić information content (AvgIpc) is 2.16. The largest absolute Gasteiger partial charge is 0.513 e. The molecule has 15 heavy (non-hydrogen) atoms. The molecular weight excluding hydrogens is 231 g/mol. The summed E-state index contributed by atoms with van der Waals surface area (Å²) >= 11 is 5.59. The summed E-state index contributed by atoms with van der Waals surface area (Å²) in [7, 11) is 2.48. The van der Waals surface area contributed by atoms with Gasteiger partial charge in [0, 0.05) is 6.07 Å². The van der Waals surface area contributed by atoms with Gasteiger partial charge in [-0.3, -0.25) is 0 Å². The number of hydrogen-bond donors (Lipinski definition) is 0. The lowest BCUT2D eigenvalue weighted by molar-refractivity contribution is 0.394. The van der Waals surface area contributed by atoms with Gasteiger partial charge in [-0.05, 0) is 0 Å². The van der Waals surface area contributed by atoms with Crippen LogP contribution in [0.15, 0.2) is 12.1 Å². The molecule has 0 saturated heterocycles. The van der Waals surface area contributed by atoms with Gasteiger partial charge in [0.05, 0.1) is 25.0 Å². The Morgan fingerprint density at radius 1 is 1.07 bits per heavy atom. The average molecular weight is 239 g/mol. The normalized spacial score (nSPS) is 11.3. The Morgan fingerprint density at radius 2 is 1.60 bits per heavy atom. The number of ether oxygens (including phenoxy) is 2. The molecule has 0 fully saturated rings. The number of halogens is 4. The first-order chi connectivity index (χ1) is 6.90. The summed E-state index contributed by atoms with van der Waals surface area (Å²) in [6.45, 7) is -5.14. The number of benzene rings is 1. The number of methoxy groups -OCH3 is 2. The van der Waals surface area contributed by atoms with E-state index in [1.54, 1.807) is 0 Å². The van der Waals surface area contributed by atoms with Gasteiger partial charge in [-0.1, -0.05) is 23.1 Å². The van der Waals surface area contributed by atoms with E-state index >= 15 is 0 Å². The van der Waals surface area contributed by atoms with Crippen molar-refractivity contribution in [2.75, 3.05) is 14.2 Å². The summed E-state index contributed by atoms with van der Waals surface area (Å²) in [4.78, 5) is 0. The van der Waals surface area contributed by atoms with E-state index < -0.39 is 12.4 Å². The molecule has 0 amide bonds. The van der Waals surface area contributed by atoms with Gasteiger partial charge in [0.15, 0.2) is 0 Å². The predicted octanol–water partition coefficient (Wildman–Crippen LogP) is 2.41. The Labute approximate surface area is 90.0 Å². The molecule has 7 heteroatoms. The smallest absolute Gasteiger partial charge is 0.500 e. The summed E-state index contributed by atoms with van der Waals surface area (Å²) < 4.78 is 47.0. The van der Waals surface area contributed by atoms with Gasteiger partial charge in [0.25, 0.3) is 0 Å². The van der Waals surface area contributed by atoms with Gasteiger partial charge in [-0.25, -0.2) is 0 Å². The summed E-state index contributed by atoms with van der Waals surface area (Å²) in [6, 6.07) is 1.92. The highest BCUT2D eigenvalue weighted by Crippen LogP contribution is 2.30. The molecule has 1 aromatic rings. The van der Waals surface area contributed by atoms with Crippen LogP contribution in [0.3, 0.4) is 0 Å². The lowest BCUT2D eigenvalue weighted by Crippen LogP contribution is -2.35. The first-order valence-electron chi connectivity index (χ1n) is 4.01. The lowest BCUT2D eigenvalue weighted by Gasteiger charge is -2.20. The van der Waals surface area contributed by atoms with Gasteiger partial charge < -0.3 is 22.4 Å². The fourth-order valence-electron chi connectivity index (χ4n) is 1.14. The molecule has 1 aromatic carbocycles. The minimum absolute atomic E-state index is 0.0903. The van der Waals surface area contributed by atoms with Gasteiger partial charge in [0.1, 0.15) is 5.75 Å². The van der Waals surface area contributed by atoms with Gasteiger partial charge in [0.2, 0.25) is 0 Å². The lowest BCUT2D eigenvalue weighted by atomic mass is 9.79. The third-order valence-electron chi connectivity index (χ3n) is 1.86. The van der Waals surface area contributed by atoms with Gasteiger partial charge in [-0.2, -0.15) is 0 Å². The molecule has 0 N–H and O–H groups in total. The van der Waals surface area contributed by atoms with Crippen molar-refractivity contribution in [3.05, 3.63) is 17.2 Å². The molecule has 0 bridgehead atoms. The number of rotatable bonds is 3. The van der Waals surface area contributed by atoms with Crippen LogP contribution in [-0.4, -0.2) is 21.2 Å².